The highest BCUT2D eigenvalue weighted by molar-refractivity contribution is 5.66. The first kappa shape index (κ1) is 16.4. The Bertz CT molecular complexity index is 800. The Morgan fingerprint density at radius 2 is 2.00 bits per heavy atom. The fourth-order valence-electron chi connectivity index (χ4n) is 2.74. The third kappa shape index (κ3) is 3.39. The molecule has 0 saturated heterocycles. The van der Waals surface area contributed by atoms with Crippen LogP contribution < -0.4 is 5.32 Å². The molecule has 24 heavy (non-hydrogen) atoms. The maximum absolute atomic E-state index is 4.53. The maximum Gasteiger partial charge on any atom is 0.200 e. The number of hydrogen-bond donors (Lipinski definition) is 1. The first-order valence-electron chi connectivity index (χ1n) is 8.52. The minimum atomic E-state index is 0.358. The number of hydrogen-bond acceptors (Lipinski definition) is 5. The summed E-state index contributed by atoms with van der Waals surface area (Å²) in [5, 5.41) is 16.1. The van der Waals surface area contributed by atoms with Crippen LogP contribution in [0.1, 0.15) is 57.5 Å². The zero-order chi connectivity index (χ0) is 17.1. The zero-order valence-electron chi connectivity index (χ0n) is 14.8. The van der Waals surface area contributed by atoms with E-state index in [0.717, 1.165) is 42.4 Å². The van der Waals surface area contributed by atoms with Crippen molar-refractivity contribution in [3.8, 4) is 0 Å². The maximum atomic E-state index is 4.53. The summed E-state index contributed by atoms with van der Waals surface area (Å²) in [6, 6.07) is 2.07. The number of anilines is 1. The fraction of sp³-hybridized carbons (Fsp3) is 0.529. The van der Waals surface area contributed by atoms with E-state index in [-0.39, 0.29) is 0 Å². The van der Waals surface area contributed by atoms with E-state index >= 15 is 0 Å². The fourth-order valence-corrected chi connectivity index (χ4v) is 2.74. The van der Waals surface area contributed by atoms with Crippen LogP contribution >= 0.6 is 0 Å². The minimum Gasteiger partial charge on any atom is -0.382 e. The molecule has 0 spiro atoms. The quantitative estimate of drug-likeness (QED) is 0.675. The van der Waals surface area contributed by atoms with Crippen LogP contribution in [0.15, 0.2) is 24.8 Å². The van der Waals surface area contributed by atoms with E-state index in [1.807, 2.05) is 6.20 Å². The van der Waals surface area contributed by atoms with Crippen LogP contribution in [0.4, 0.5) is 5.69 Å². The van der Waals surface area contributed by atoms with Gasteiger partial charge in [-0.05, 0) is 18.4 Å². The number of nitrogens with zero attached hydrogens (tertiary/aromatic N) is 6. The number of imidazole rings is 1. The minimum absolute atomic E-state index is 0.358. The highest BCUT2D eigenvalue weighted by Gasteiger charge is 2.10. The molecule has 0 aromatic carbocycles. The first-order chi connectivity index (χ1) is 11.6. The van der Waals surface area contributed by atoms with E-state index in [2.05, 4.69) is 70.1 Å². The summed E-state index contributed by atoms with van der Waals surface area (Å²) in [7, 11) is 0. The van der Waals surface area contributed by atoms with Gasteiger partial charge in [-0.25, -0.2) is 4.98 Å². The molecular weight excluding hydrogens is 302 g/mol. The molecule has 0 bridgehead atoms. The average Bonchev–Trinajstić information content (AvgIpc) is 3.19. The molecule has 128 valence electrons. The van der Waals surface area contributed by atoms with E-state index in [1.165, 1.54) is 0 Å². The van der Waals surface area contributed by atoms with Crippen molar-refractivity contribution in [2.45, 2.75) is 52.5 Å². The van der Waals surface area contributed by atoms with Gasteiger partial charge < -0.3 is 9.88 Å². The summed E-state index contributed by atoms with van der Waals surface area (Å²) in [4.78, 5) is 4.43. The summed E-state index contributed by atoms with van der Waals surface area (Å²) in [5.41, 5.74) is 2.78. The standard InChI is InChI=1S/C17H25N7/c1-12(2)14-10-15(17-21-20-11-24(17)22-14)18-6-5-8-23-9-7-19-16(23)13(3)4/h7,9-13,18H,5-6,8H2,1-4H3. The van der Waals surface area contributed by atoms with Gasteiger partial charge in [-0.2, -0.15) is 9.61 Å². The molecule has 0 radical (unpaired) electrons. The van der Waals surface area contributed by atoms with Crippen LogP contribution in [0.2, 0.25) is 0 Å². The van der Waals surface area contributed by atoms with E-state index in [1.54, 1.807) is 10.8 Å². The lowest BCUT2D eigenvalue weighted by atomic mass is 10.1. The number of fused-ring (bicyclic) bond motifs is 1. The van der Waals surface area contributed by atoms with Crippen LogP contribution in [-0.4, -0.2) is 35.9 Å². The van der Waals surface area contributed by atoms with Gasteiger partial charge in [-0.15, -0.1) is 10.2 Å². The van der Waals surface area contributed by atoms with Crippen molar-refractivity contribution in [2.24, 2.45) is 0 Å². The molecule has 3 rings (SSSR count). The van der Waals surface area contributed by atoms with Crippen LogP contribution in [0.25, 0.3) is 5.65 Å². The highest BCUT2D eigenvalue weighted by atomic mass is 15.3. The zero-order valence-corrected chi connectivity index (χ0v) is 14.8. The van der Waals surface area contributed by atoms with Crippen molar-refractivity contribution in [1.82, 2.24) is 29.4 Å². The molecule has 0 aliphatic heterocycles. The van der Waals surface area contributed by atoms with Gasteiger partial charge in [0.1, 0.15) is 12.2 Å². The molecule has 0 aliphatic carbocycles. The first-order valence-corrected chi connectivity index (χ1v) is 8.52. The Kier molecular flexibility index (Phi) is 4.78. The van der Waals surface area contributed by atoms with Gasteiger partial charge in [0.15, 0.2) is 0 Å². The van der Waals surface area contributed by atoms with Gasteiger partial charge in [-0.1, -0.05) is 27.7 Å². The predicted molar refractivity (Wildman–Crippen MR) is 94.3 cm³/mol. The summed E-state index contributed by atoms with van der Waals surface area (Å²) < 4.78 is 3.97. The van der Waals surface area contributed by atoms with Crippen molar-refractivity contribution in [3.63, 3.8) is 0 Å². The van der Waals surface area contributed by atoms with Crippen LogP contribution in [0.5, 0.6) is 0 Å². The summed E-state index contributed by atoms with van der Waals surface area (Å²) >= 11 is 0. The van der Waals surface area contributed by atoms with Gasteiger partial charge in [0.2, 0.25) is 5.65 Å². The monoisotopic (exact) mass is 327 g/mol. The van der Waals surface area contributed by atoms with Crippen LogP contribution in [0, 0.1) is 0 Å². The number of rotatable bonds is 7. The van der Waals surface area contributed by atoms with E-state index in [0.29, 0.717) is 11.8 Å². The Morgan fingerprint density at radius 3 is 2.75 bits per heavy atom. The number of aromatic nitrogens is 6. The van der Waals surface area contributed by atoms with E-state index < -0.39 is 0 Å². The second kappa shape index (κ2) is 6.98. The molecule has 0 fully saturated rings. The number of aryl methyl sites for hydroxylation is 1. The van der Waals surface area contributed by atoms with Gasteiger partial charge in [0.05, 0.1) is 11.4 Å². The van der Waals surface area contributed by atoms with Crippen molar-refractivity contribution in [1.29, 1.82) is 0 Å². The smallest absolute Gasteiger partial charge is 0.200 e. The van der Waals surface area contributed by atoms with Crippen molar-refractivity contribution in [3.05, 3.63) is 36.3 Å². The Hall–Kier alpha value is -2.44. The molecule has 3 aromatic rings. The van der Waals surface area contributed by atoms with Crippen molar-refractivity contribution in [2.75, 3.05) is 11.9 Å². The molecule has 0 atom stereocenters. The Labute approximate surface area is 142 Å². The molecule has 0 aliphatic rings. The molecule has 1 N–H and O–H groups in total. The molecule has 7 heteroatoms. The number of nitrogens with one attached hydrogen (secondary N) is 1. The largest absolute Gasteiger partial charge is 0.382 e. The van der Waals surface area contributed by atoms with Gasteiger partial charge in [0, 0.05) is 31.4 Å². The van der Waals surface area contributed by atoms with Gasteiger partial charge in [0.25, 0.3) is 0 Å². The second-order valence-corrected chi connectivity index (χ2v) is 6.65. The predicted octanol–water partition coefficient (Wildman–Crippen LogP) is 3.07. The topological polar surface area (TPSA) is 72.9 Å². The Morgan fingerprint density at radius 1 is 1.17 bits per heavy atom. The lowest BCUT2D eigenvalue weighted by Gasteiger charge is -2.12. The lowest BCUT2D eigenvalue weighted by Crippen LogP contribution is -2.11. The van der Waals surface area contributed by atoms with Crippen LogP contribution in [0.3, 0.4) is 0 Å². The van der Waals surface area contributed by atoms with Crippen LogP contribution in [-0.2, 0) is 6.54 Å². The summed E-state index contributed by atoms with van der Waals surface area (Å²) in [6.07, 6.45) is 6.58. The third-order valence-electron chi connectivity index (χ3n) is 4.03. The molecule has 0 amide bonds. The second-order valence-electron chi connectivity index (χ2n) is 6.65. The molecule has 3 aromatic heterocycles. The molecular formula is C17H25N7. The molecule has 3 heterocycles. The SMILES string of the molecule is CC(C)c1cc(NCCCn2ccnc2C(C)C)c2nncn2n1. The van der Waals surface area contributed by atoms with Gasteiger partial charge >= 0.3 is 0 Å². The molecule has 0 unspecified atom stereocenters. The Balaban J connectivity index is 1.65. The van der Waals surface area contributed by atoms with Crippen molar-refractivity contribution < 1.29 is 0 Å². The molecule has 7 nitrogen and oxygen atoms in total. The molecule has 0 saturated carbocycles. The summed E-state index contributed by atoms with van der Waals surface area (Å²) in [5.74, 6) is 1.94. The van der Waals surface area contributed by atoms with Crippen molar-refractivity contribution >= 4 is 11.3 Å². The van der Waals surface area contributed by atoms with E-state index in [4.69, 9.17) is 0 Å². The summed E-state index contributed by atoms with van der Waals surface area (Å²) in [6.45, 7) is 10.4. The average molecular weight is 327 g/mol. The van der Waals surface area contributed by atoms with E-state index in [9.17, 15) is 0 Å². The lowest BCUT2D eigenvalue weighted by molar-refractivity contribution is 0.600. The van der Waals surface area contributed by atoms with Gasteiger partial charge in [-0.3, -0.25) is 0 Å². The highest BCUT2D eigenvalue weighted by Crippen LogP contribution is 2.20. The third-order valence-corrected chi connectivity index (χ3v) is 4.03. The normalized spacial score (nSPS) is 11.8.